The van der Waals surface area contributed by atoms with Crippen molar-refractivity contribution in [2.45, 2.75) is 18.1 Å². The minimum atomic E-state index is -1.23. The van der Waals surface area contributed by atoms with Crippen LogP contribution >= 0.6 is 23.2 Å². The van der Waals surface area contributed by atoms with Gasteiger partial charge in [-0.2, -0.15) is 0 Å². The summed E-state index contributed by atoms with van der Waals surface area (Å²) in [4.78, 5) is 0. The fraction of sp³-hybridized carbons (Fsp3) is 1.00. The molecule has 4 heteroatoms. The molecule has 0 aromatic carbocycles. The lowest BCUT2D eigenvalue weighted by Crippen LogP contribution is -2.10. The standard InChI is InChI=1S/C4H8Cl2O2/c1-3(5)2-8-4(6)7/h3-4,7H,2H2,1H3. The molecule has 2 atom stereocenters. The largest absolute Gasteiger partial charge is 0.356 e. The van der Waals surface area contributed by atoms with Gasteiger partial charge in [0.25, 0.3) is 0 Å². The molecule has 0 spiro atoms. The molecule has 0 aromatic rings. The lowest BCUT2D eigenvalue weighted by atomic mass is 10.5. The molecule has 0 amide bonds. The van der Waals surface area contributed by atoms with Crippen LogP contribution in [0.4, 0.5) is 0 Å². The molecule has 0 aliphatic rings. The Balaban J connectivity index is 2.93. The van der Waals surface area contributed by atoms with E-state index in [9.17, 15) is 0 Å². The Kier molecular flexibility index (Phi) is 4.66. The van der Waals surface area contributed by atoms with E-state index in [1.165, 1.54) is 0 Å². The van der Waals surface area contributed by atoms with Crippen molar-refractivity contribution in [1.82, 2.24) is 0 Å². The highest BCUT2D eigenvalue weighted by atomic mass is 35.5. The monoisotopic (exact) mass is 158 g/mol. The van der Waals surface area contributed by atoms with Crippen molar-refractivity contribution in [3.05, 3.63) is 0 Å². The fourth-order valence-electron chi connectivity index (χ4n) is 0.212. The molecule has 8 heavy (non-hydrogen) atoms. The van der Waals surface area contributed by atoms with Gasteiger partial charge >= 0.3 is 0 Å². The van der Waals surface area contributed by atoms with E-state index in [2.05, 4.69) is 4.74 Å². The highest BCUT2D eigenvalue weighted by Crippen LogP contribution is 1.98. The van der Waals surface area contributed by atoms with Crippen LogP contribution < -0.4 is 0 Å². The first-order valence-corrected chi connectivity index (χ1v) is 3.08. The smallest absolute Gasteiger partial charge is 0.234 e. The Bertz CT molecular complexity index is 48.0. The summed E-state index contributed by atoms with van der Waals surface area (Å²) in [6, 6.07) is 0. The molecule has 0 radical (unpaired) electrons. The molecule has 0 heterocycles. The number of hydrogen-bond acceptors (Lipinski definition) is 2. The van der Waals surface area contributed by atoms with Crippen molar-refractivity contribution in [2.75, 3.05) is 6.61 Å². The molecular weight excluding hydrogens is 151 g/mol. The summed E-state index contributed by atoms with van der Waals surface area (Å²) in [5.74, 6) is -1.23. The molecule has 0 bridgehead atoms. The van der Waals surface area contributed by atoms with Crippen molar-refractivity contribution < 1.29 is 9.84 Å². The third-order valence-electron chi connectivity index (χ3n) is 0.463. The van der Waals surface area contributed by atoms with Gasteiger partial charge in [-0.3, -0.25) is 0 Å². The van der Waals surface area contributed by atoms with E-state index in [1.807, 2.05) is 0 Å². The first kappa shape index (κ1) is 8.50. The molecule has 50 valence electrons. The van der Waals surface area contributed by atoms with Gasteiger partial charge in [-0.15, -0.1) is 11.6 Å². The molecule has 0 saturated carbocycles. The molecule has 0 saturated heterocycles. The second kappa shape index (κ2) is 4.39. The van der Waals surface area contributed by atoms with Gasteiger partial charge in [-0.25, -0.2) is 0 Å². The fourth-order valence-corrected chi connectivity index (χ4v) is 0.357. The topological polar surface area (TPSA) is 29.5 Å². The van der Waals surface area contributed by atoms with Crippen LogP contribution in [0.15, 0.2) is 0 Å². The number of hydrogen-bond donors (Lipinski definition) is 1. The molecule has 0 fully saturated rings. The molecule has 0 aliphatic carbocycles. The number of ether oxygens (including phenoxy) is 1. The zero-order valence-corrected chi connectivity index (χ0v) is 5.99. The molecule has 0 aliphatic heterocycles. The van der Waals surface area contributed by atoms with Crippen molar-refractivity contribution in [3.8, 4) is 0 Å². The van der Waals surface area contributed by atoms with Crippen LogP contribution in [0.1, 0.15) is 6.92 Å². The normalized spacial score (nSPS) is 18.0. The lowest BCUT2D eigenvalue weighted by Gasteiger charge is -2.04. The predicted molar refractivity (Wildman–Crippen MR) is 33.1 cm³/mol. The first-order chi connectivity index (χ1) is 3.63. The number of aliphatic hydroxyl groups excluding tert-OH is 1. The van der Waals surface area contributed by atoms with Gasteiger partial charge in [-0.05, 0) is 6.92 Å². The highest BCUT2D eigenvalue weighted by molar-refractivity contribution is 6.20. The second-order valence-electron chi connectivity index (χ2n) is 1.41. The van der Waals surface area contributed by atoms with Crippen molar-refractivity contribution in [3.63, 3.8) is 0 Å². The quantitative estimate of drug-likeness (QED) is 0.494. The lowest BCUT2D eigenvalue weighted by molar-refractivity contribution is -0.0370. The molecular formula is C4H8Cl2O2. The minimum absolute atomic E-state index is 0.108. The van der Waals surface area contributed by atoms with E-state index >= 15 is 0 Å². The number of alkyl halides is 2. The number of rotatable bonds is 3. The SMILES string of the molecule is CC(Cl)COC(O)Cl. The van der Waals surface area contributed by atoms with Crippen LogP contribution in [0, 0.1) is 0 Å². The summed E-state index contributed by atoms with van der Waals surface area (Å²) in [5.41, 5.74) is 0. The van der Waals surface area contributed by atoms with E-state index in [-0.39, 0.29) is 12.0 Å². The summed E-state index contributed by atoms with van der Waals surface area (Å²) < 4.78 is 4.49. The van der Waals surface area contributed by atoms with E-state index < -0.39 is 5.75 Å². The molecule has 1 N–H and O–H groups in total. The summed E-state index contributed by atoms with van der Waals surface area (Å²) in [6.45, 7) is 2.02. The Morgan fingerprint density at radius 2 is 2.12 bits per heavy atom. The number of halogens is 2. The van der Waals surface area contributed by atoms with Gasteiger partial charge in [0.2, 0.25) is 5.75 Å². The van der Waals surface area contributed by atoms with E-state index in [1.54, 1.807) is 6.92 Å². The summed E-state index contributed by atoms with van der Waals surface area (Å²) >= 11 is 10.4. The van der Waals surface area contributed by atoms with Crippen LogP contribution in [-0.2, 0) is 4.74 Å². The van der Waals surface area contributed by atoms with Gasteiger partial charge in [0.1, 0.15) is 0 Å². The zero-order valence-electron chi connectivity index (χ0n) is 4.47. The minimum Gasteiger partial charge on any atom is -0.356 e. The summed E-state index contributed by atoms with van der Waals surface area (Å²) in [6.07, 6.45) is 0. The Morgan fingerprint density at radius 1 is 1.62 bits per heavy atom. The average Bonchev–Trinajstić information content (AvgIpc) is 1.61. The molecule has 0 rings (SSSR count). The second-order valence-corrected chi connectivity index (χ2v) is 2.52. The Morgan fingerprint density at radius 3 is 2.25 bits per heavy atom. The third-order valence-corrected chi connectivity index (χ3v) is 0.715. The Labute approximate surface area is 58.3 Å². The van der Waals surface area contributed by atoms with Crippen LogP contribution in [0.5, 0.6) is 0 Å². The summed E-state index contributed by atoms with van der Waals surface area (Å²) in [5, 5.41) is 8.18. The maximum atomic E-state index is 8.29. The number of aliphatic hydroxyl groups is 1. The van der Waals surface area contributed by atoms with E-state index in [4.69, 9.17) is 28.3 Å². The molecule has 2 unspecified atom stereocenters. The van der Waals surface area contributed by atoms with Gasteiger partial charge in [0.15, 0.2) is 0 Å². The van der Waals surface area contributed by atoms with Gasteiger partial charge in [-0.1, -0.05) is 11.6 Å². The molecule has 0 aromatic heterocycles. The van der Waals surface area contributed by atoms with Gasteiger partial charge in [0.05, 0.1) is 12.0 Å². The molecule has 2 nitrogen and oxygen atoms in total. The average molecular weight is 159 g/mol. The van der Waals surface area contributed by atoms with Crippen LogP contribution in [-0.4, -0.2) is 22.8 Å². The van der Waals surface area contributed by atoms with E-state index in [0.29, 0.717) is 0 Å². The summed E-state index contributed by atoms with van der Waals surface area (Å²) in [7, 11) is 0. The Hall–Kier alpha value is 0.500. The third kappa shape index (κ3) is 6.50. The van der Waals surface area contributed by atoms with E-state index in [0.717, 1.165) is 0 Å². The van der Waals surface area contributed by atoms with Crippen molar-refractivity contribution in [2.24, 2.45) is 0 Å². The van der Waals surface area contributed by atoms with Gasteiger partial charge < -0.3 is 9.84 Å². The first-order valence-electron chi connectivity index (χ1n) is 2.20. The zero-order chi connectivity index (χ0) is 6.57. The van der Waals surface area contributed by atoms with Crippen LogP contribution in [0.25, 0.3) is 0 Å². The van der Waals surface area contributed by atoms with Crippen molar-refractivity contribution >= 4 is 23.2 Å². The van der Waals surface area contributed by atoms with Crippen LogP contribution in [0.2, 0.25) is 0 Å². The highest BCUT2D eigenvalue weighted by Gasteiger charge is 1.99. The maximum absolute atomic E-state index is 8.29. The maximum Gasteiger partial charge on any atom is 0.234 e. The van der Waals surface area contributed by atoms with Gasteiger partial charge in [0, 0.05) is 0 Å². The van der Waals surface area contributed by atoms with Crippen LogP contribution in [0.3, 0.4) is 0 Å². The predicted octanol–water partition coefficient (Wildman–Crippen LogP) is 1.15. The van der Waals surface area contributed by atoms with Crippen molar-refractivity contribution in [1.29, 1.82) is 0 Å².